The number of benzene rings is 1. The summed E-state index contributed by atoms with van der Waals surface area (Å²) in [6.45, 7) is 0. The fourth-order valence-corrected chi connectivity index (χ4v) is 3.63. The van der Waals surface area contributed by atoms with Gasteiger partial charge in [0.2, 0.25) is 10.0 Å². The standard InChI is InChI=1S/C11H8ClF3N2O2S/c12-8-2-1-7(6-16)5-9(8)20(18,19)17-10(3-4-10)11(13,14)15/h1-2,5,17H,3-4H2. The summed E-state index contributed by atoms with van der Waals surface area (Å²) in [7, 11) is -4.45. The van der Waals surface area contributed by atoms with Crippen LogP contribution in [0.1, 0.15) is 18.4 Å². The Labute approximate surface area is 118 Å². The molecule has 0 heterocycles. The molecule has 1 aromatic carbocycles. The smallest absolute Gasteiger partial charge is 0.207 e. The van der Waals surface area contributed by atoms with E-state index in [9.17, 15) is 21.6 Å². The minimum atomic E-state index is -4.67. The van der Waals surface area contributed by atoms with E-state index in [2.05, 4.69) is 0 Å². The molecule has 0 unspecified atom stereocenters. The maximum absolute atomic E-state index is 12.8. The Morgan fingerprint density at radius 2 is 1.95 bits per heavy atom. The molecular formula is C11H8ClF3N2O2S. The summed E-state index contributed by atoms with van der Waals surface area (Å²) >= 11 is 5.69. The van der Waals surface area contributed by atoms with E-state index in [4.69, 9.17) is 16.9 Å². The lowest BCUT2D eigenvalue weighted by molar-refractivity contribution is -0.160. The van der Waals surface area contributed by atoms with Gasteiger partial charge >= 0.3 is 6.18 Å². The van der Waals surface area contributed by atoms with Crippen LogP contribution in [0, 0.1) is 11.3 Å². The first-order valence-electron chi connectivity index (χ1n) is 5.42. The predicted molar refractivity (Wildman–Crippen MR) is 64.5 cm³/mol. The Balaban J connectivity index is 2.40. The molecule has 1 aliphatic carbocycles. The van der Waals surface area contributed by atoms with Crippen LogP contribution >= 0.6 is 11.6 Å². The predicted octanol–water partition coefficient (Wildman–Crippen LogP) is 2.58. The van der Waals surface area contributed by atoms with Crippen molar-refractivity contribution in [1.82, 2.24) is 4.72 Å². The van der Waals surface area contributed by atoms with Crippen LogP contribution in [0.25, 0.3) is 0 Å². The van der Waals surface area contributed by atoms with Crippen LogP contribution in [-0.4, -0.2) is 20.1 Å². The van der Waals surface area contributed by atoms with Crippen molar-refractivity contribution in [3.05, 3.63) is 28.8 Å². The summed E-state index contributed by atoms with van der Waals surface area (Å²) < 4.78 is 64.0. The molecule has 0 aromatic heterocycles. The molecular weight excluding hydrogens is 317 g/mol. The molecule has 1 fully saturated rings. The van der Waals surface area contributed by atoms with Gasteiger partial charge in [0, 0.05) is 0 Å². The van der Waals surface area contributed by atoms with Crippen LogP contribution in [0.3, 0.4) is 0 Å². The summed E-state index contributed by atoms with van der Waals surface area (Å²) in [6, 6.07) is 5.07. The van der Waals surface area contributed by atoms with Gasteiger partial charge in [-0.1, -0.05) is 11.6 Å². The zero-order valence-electron chi connectivity index (χ0n) is 9.83. The van der Waals surface area contributed by atoms with Crippen molar-refractivity contribution in [3.63, 3.8) is 0 Å². The number of hydrogen-bond acceptors (Lipinski definition) is 3. The third kappa shape index (κ3) is 2.61. The second kappa shape index (κ2) is 4.62. The Bertz CT molecular complexity index is 691. The van der Waals surface area contributed by atoms with E-state index in [0.29, 0.717) is 0 Å². The van der Waals surface area contributed by atoms with Gasteiger partial charge in [0.15, 0.2) is 0 Å². The van der Waals surface area contributed by atoms with E-state index in [1.807, 2.05) is 0 Å². The molecule has 1 N–H and O–H groups in total. The van der Waals surface area contributed by atoms with Crippen LogP contribution in [0.2, 0.25) is 5.02 Å². The highest BCUT2D eigenvalue weighted by molar-refractivity contribution is 7.89. The largest absolute Gasteiger partial charge is 0.407 e. The second-order valence-corrected chi connectivity index (χ2v) is 6.50. The second-order valence-electron chi connectivity index (χ2n) is 4.44. The number of sulfonamides is 1. The molecule has 0 atom stereocenters. The average molecular weight is 325 g/mol. The van der Waals surface area contributed by atoms with E-state index in [0.717, 1.165) is 12.1 Å². The van der Waals surface area contributed by atoms with Gasteiger partial charge in [0.1, 0.15) is 10.4 Å². The average Bonchev–Trinajstić information content (AvgIpc) is 3.09. The first kappa shape index (κ1) is 15.1. The van der Waals surface area contributed by atoms with Crippen LogP contribution in [-0.2, 0) is 10.0 Å². The fraction of sp³-hybridized carbons (Fsp3) is 0.364. The number of alkyl halides is 3. The van der Waals surface area contributed by atoms with Crippen molar-refractivity contribution >= 4 is 21.6 Å². The summed E-state index contributed by atoms with van der Waals surface area (Å²) in [5.41, 5.74) is -2.43. The number of nitrogens with one attached hydrogen (secondary N) is 1. The first-order chi connectivity index (χ1) is 9.11. The van der Waals surface area contributed by atoms with Crippen molar-refractivity contribution in [3.8, 4) is 6.07 Å². The van der Waals surface area contributed by atoms with Gasteiger partial charge in [-0.25, -0.2) is 8.42 Å². The molecule has 4 nitrogen and oxygen atoms in total. The van der Waals surface area contributed by atoms with Gasteiger partial charge in [0.05, 0.1) is 16.7 Å². The molecule has 0 saturated heterocycles. The van der Waals surface area contributed by atoms with Gasteiger partial charge in [-0.15, -0.1) is 0 Å². The van der Waals surface area contributed by atoms with Crippen molar-refractivity contribution in [2.75, 3.05) is 0 Å². The maximum Gasteiger partial charge on any atom is 0.407 e. The Hall–Kier alpha value is -1.30. The molecule has 0 spiro atoms. The first-order valence-corrected chi connectivity index (χ1v) is 7.28. The Morgan fingerprint density at radius 1 is 1.35 bits per heavy atom. The zero-order valence-corrected chi connectivity index (χ0v) is 11.4. The SMILES string of the molecule is N#Cc1ccc(Cl)c(S(=O)(=O)NC2(C(F)(F)F)CC2)c1. The number of hydrogen-bond donors (Lipinski definition) is 1. The summed E-state index contributed by atoms with van der Waals surface area (Å²) in [6.07, 6.45) is -5.30. The molecule has 0 radical (unpaired) electrons. The number of nitriles is 1. The molecule has 2 rings (SSSR count). The van der Waals surface area contributed by atoms with E-state index in [1.165, 1.54) is 6.07 Å². The summed E-state index contributed by atoms with van der Waals surface area (Å²) in [5, 5.41) is 8.46. The Morgan fingerprint density at radius 3 is 2.40 bits per heavy atom. The lowest BCUT2D eigenvalue weighted by Crippen LogP contribution is -2.47. The quantitative estimate of drug-likeness (QED) is 0.929. The fourth-order valence-electron chi connectivity index (χ4n) is 1.66. The highest BCUT2D eigenvalue weighted by Crippen LogP contribution is 2.49. The minimum Gasteiger partial charge on any atom is -0.207 e. The Kier molecular flexibility index (Phi) is 3.48. The zero-order chi connectivity index (χ0) is 15.2. The summed E-state index contributed by atoms with van der Waals surface area (Å²) in [5.74, 6) is 0. The van der Waals surface area contributed by atoms with Gasteiger partial charge in [-0.2, -0.15) is 23.2 Å². The number of nitrogens with zero attached hydrogens (tertiary/aromatic N) is 1. The topological polar surface area (TPSA) is 70.0 Å². The third-order valence-electron chi connectivity index (χ3n) is 2.97. The monoisotopic (exact) mass is 324 g/mol. The lowest BCUT2D eigenvalue weighted by atomic mass is 10.2. The lowest BCUT2D eigenvalue weighted by Gasteiger charge is -2.21. The molecule has 0 bridgehead atoms. The van der Waals surface area contributed by atoms with E-state index in [-0.39, 0.29) is 23.4 Å². The molecule has 9 heteroatoms. The van der Waals surface area contributed by atoms with Gasteiger partial charge in [0.25, 0.3) is 0 Å². The molecule has 108 valence electrons. The minimum absolute atomic E-state index is 0.00775. The number of halogens is 4. The van der Waals surface area contributed by atoms with Gasteiger partial charge in [-0.3, -0.25) is 0 Å². The van der Waals surface area contributed by atoms with Crippen LogP contribution in [0.15, 0.2) is 23.1 Å². The molecule has 20 heavy (non-hydrogen) atoms. The molecule has 1 saturated carbocycles. The maximum atomic E-state index is 12.8. The van der Waals surface area contributed by atoms with Crippen molar-refractivity contribution < 1.29 is 21.6 Å². The van der Waals surface area contributed by atoms with E-state index in [1.54, 1.807) is 10.8 Å². The van der Waals surface area contributed by atoms with Crippen LogP contribution < -0.4 is 4.72 Å². The van der Waals surface area contributed by atoms with Crippen LogP contribution in [0.4, 0.5) is 13.2 Å². The molecule has 1 aromatic rings. The van der Waals surface area contributed by atoms with Crippen molar-refractivity contribution in [2.45, 2.75) is 29.5 Å². The normalized spacial score (nSPS) is 17.6. The summed E-state index contributed by atoms with van der Waals surface area (Å²) in [4.78, 5) is -0.534. The van der Waals surface area contributed by atoms with Gasteiger partial charge < -0.3 is 0 Å². The van der Waals surface area contributed by atoms with Crippen molar-refractivity contribution in [2.24, 2.45) is 0 Å². The highest BCUT2D eigenvalue weighted by Gasteiger charge is 2.65. The van der Waals surface area contributed by atoms with Crippen molar-refractivity contribution in [1.29, 1.82) is 5.26 Å². The van der Waals surface area contributed by atoms with E-state index < -0.39 is 26.6 Å². The van der Waals surface area contributed by atoms with Gasteiger partial charge in [-0.05, 0) is 31.0 Å². The van der Waals surface area contributed by atoms with E-state index >= 15 is 0 Å². The molecule has 1 aliphatic rings. The highest BCUT2D eigenvalue weighted by atomic mass is 35.5. The molecule has 0 amide bonds. The third-order valence-corrected chi connectivity index (χ3v) is 4.99. The van der Waals surface area contributed by atoms with Crippen LogP contribution in [0.5, 0.6) is 0 Å². The number of rotatable bonds is 3. The molecule has 0 aliphatic heterocycles.